The molecule has 1 saturated heterocycles. The molecule has 1 aliphatic heterocycles. The molecule has 11 nitrogen and oxygen atoms in total. The van der Waals surface area contributed by atoms with Gasteiger partial charge in [0.2, 0.25) is 29.4 Å². The van der Waals surface area contributed by atoms with Gasteiger partial charge in [0, 0.05) is 30.3 Å². The van der Waals surface area contributed by atoms with Crippen LogP contribution in [0.1, 0.15) is 70.3 Å². The van der Waals surface area contributed by atoms with E-state index in [2.05, 4.69) is 26.6 Å². The predicted molar refractivity (Wildman–Crippen MR) is 153 cm³/mol. The van der Waals surface area contributed by atoms with E-state index in [-0.39, 0.29) is 42.5 Å². The van der Waals surface area contributed by atoms with Gasteiger partial charge in [0.15, 0.2) is 0 Å². The number of carbonyl (C=O) groups is 6. The molecule has 2 unspecified atom stereocenters. The Bertz CT molecular complexity index is 1210. The van der Waals surface area contributed by atoms with Crippen LogP contribution in [-0.4, -0.2) is 66.0 Å². The lowest BCUT2D eigenvalue weighted by molar-refractivity contribution is -0.166. The van der Waals surface area contributed by atoms with Gasteiger partial charge in [-0.1, -0.05) is 43.7 Å². The molecule has 2 bridgehead atoms. The second-order valence-corrected chi connectivity index (χ2v) is 12.5. The van der Waals surface area contributed by atoms with Crippen LogP contribution in [0.2, 0.25) is 0 Å². The van der Waals surface area contributed by atoms with Crippen molar-refractivity contribution >= 4 is 35.3 Å². The standard InChI is InChI=1S/C31H41N5O6/c1-2-6-22(27(39)35-23(14-20-11-12-32-26(20)38)25(37)29(41)33-21-9-10-21)34-28(40)24(13-18-7-4-3-5-8-18)36-30(42)31-15-19(16-31)17-31/h3-5,7-8,19-24H,2,6,9-17H2,1H3,(H,32,38)(H,33,41)(H,34,40)(H,35,39)(H,36,42)/t19?,20?,22-,23?,24+,31?/m0/s1. The first kappa shape index (κ1) is 29.7. The van der Waals surface area contributed by atoms with Crippen LogP contribution >= 0.6 is 0 Å². The summed E-state index contributed by atoms with van der Waals surface area (Å²) < 4.78 is 0. The van der Waals surface area contributed by atoms with Crippen molar-refractivity contribution in [3.63, 3.8) is 0 Å². The number of hydrogen-bond donors (Lipinski definition) is 5. The number of hydrogen-bond acceptors (Lipinski definition) is 6. The van der Waals surface area contributed by atoms with Crippen molar-refractivity contribution in [1.29, 1.82) is 0 Å². The monoisotopic (exact) mass is 579 g/mol. The average Bonchev–Trinajstić information content (AvgIpc) is 3.64. The molecule has 226 valence electrons. The van der Waals surface area contributed by atoms with E-state index in [1.807, 2.05) is 37.3 Å². The maximum Gasteiger partial charge on any atom is 0.289 e. The lowest BCUT2D eigenvalue weighted by Crippen LogP contribution is -2.64. The zero-order chi connectivity index (χ0) is 29.9. The summed E-state index contributed by atoms with van der Waals surface area (Å²) in [6.45, 7) is 2.34. The van der Waals surface area contributed by atoms with Crippen molar-refractivity contribution in [2.45, 2.75) is 95.3 Å². The molecule has 4 atom stereocenters. The highest BCUT2D eigenvalue weighted by molar-refractivity contribution is 6.38. The number of nitrogens with one attached hydrogen (secondary N) is 5. The summed E-state index contributed by atoms with van der Waals surface area (Å²) in [5, 5.41) is 13.8. The average molecular weight is 580 g/mol. The van der Waals surface area contributed by atoms with Crippen LogP contribution < -0.4 is 26.6 Å². The molecule has 1 heterocycles. The normalized spacial score (nSPS) is 25.9. The van der Waals surface area contributed by atoms with E-state index in [0.717, 1.165) is 37.7 Å². The van der Waals surface area contributed by atoms with Gasteiger partial charge in [-0.2, -0.15) is 0 Å². The van der Waals surface area contributed by atoms with E-state index in [4.69, 9.17) is 0 Å². The van der Waals surface area contributed by atoms with Gasteiger partial charge < -0.3 is 26.6 Å². The fraction of sp³-hybridized carbons (Fsp3) is 0.613. The van der Waals surface area contributed by atoms with Gasteiger partial charge >= 0.3 is 0 Å². The molecule has 42 heavy (non-hydrogen) atoms. The predicted octanol–water partition coefficient (Wildman–Crippen LogP) is 0.658. The molecule has 5 aliphatic rings. The SMILES string of the molecule is CCC[C@H](NC(=O)[C@@H](Cc1ccccc1)NC(=O)C12CC(C1)C2)C(=O)NC(CC1CCNC1=O)C(=O)C(=O)NC1CC1. The summed E-state index contributed by atoms with van der Waals surface area (Å²) in [5.41, 5.74) is 0.496. The smallest absolute Gasteiger partial charge is 0.289 e. The molecule has 11 heteroatoms. The third kappa shape index (κ3) is 6.82. The van der Waals surface area contributed by atoms with Crippen LogP contribution in [0.3, 0.4) is 0 Å². The number of ketones is 1. The number of Topliss-reactive ketones (excluding diaryl/α,β-unsaturated/α-hetero) is 1. The van der Waals surface area contributed by atoms with Crippen LogP contribution in [-0.2, 0) is 35.2 Å². The minimum atomic E-state index is -1.20. The lowest BCUT2D eigenvalue weighted by atomic mass is 9.44. The van der Waals surface area contributed by atoms with Crippen LogP contribution in [0.4, 0.5) is 0 Å². The third-order valence-corrected chi connectivity index (χ3v) is 9.09. The Morgan fingerprint density at radius 1 is 0.905 bits per heavy atom. The van der Waals surface area contributed by atoms with Crippen LogP contribution in [0.5, 0.6) is 0 Å². The lowest BCUT2D eigenvalue weighted by Gasteiger charge is -2.60. The van der Waals surface area contributed by atoms with Crippen LogP contribution in [0.25, 0.3) is 0 Å². The second kappa shape index (κ2) is 12.6. The number of rotatable bonds is 15. The first-order valence-corrected chi connectivity index (χ1v) is 15.3. The molecule has 6 rings (SSSR count). The van der Waals surface area contributed by atoms with Gasteiger partial charge in [0.25, 0.3) is 5.91 Å². The fourth-order valence-electron chi connectivity index (χ4n) is 6.26. The zero-order valence-corrected chi connectivity index (χ0v) is 24.1. The van der Waals surface area contributed by atoms with E-state index in [9.17, 15) is 28.8 Å². The van der Waals surface area contributed by atoms with Gasteiger partial charge in [-0.05, 0) is 62.8 Å². The van der Waals surface area contributed by atoms with Gasteiger partial charge in [-0.3, -0.25) is 28.8 Å². The van der Waals surface area contributed by atoms with Crippen LogP contribution in [0, 0.1) is 17.3 Å². The molecule has 4 saturated carbocycles. The molecule has 0 aromatic heterocycles. The maximum absolute atomic E-state index is 13.6. The Kier molecular flexibility index (Phi) is 8.93. The van der Waals surface area contributed by atoms with Crippen molar-refractivity contribution in [2.75, 3.05) is 6.54 Å². The molecule has 4 aliphatic carbocycles. The summed E-state index contributed by atoms with van der Waals surface area (Å²) in [4.78, 5) is 78.2. The summed E-state index contributed by atoms with van der Waals surface area (Å²) >= 11 is 0. The van der Waals surface area contributed by atoms with E-state index < -0.39 is 47.5 Å². The highest BCUT2D eigenvalue weighted by Gasteiger charge is 2.61. The maximum atomic E-state index is 13.6. The highest BCUT2D eigenvalue weighted by Crippen LogP contribution is 2.64. The van der Waals surface area contributed by atoms with Gasteiger partial charge in [-0.15, -0.1) is 0 Å². The second-order valence-electron chi connectivity index (χ2n) is 12.5. The van der Waals surface area contributed by atoms with Gasteiger partial charge in [-0.25, -0.2) is 0 Å². The molecule has 5 amide bonds. The quantitative estimate of drug-likeness (QED) is 0.192. The summed E-state index contributed by atoms with van der Waals surface area (Å²) in [5.74, 6) is -2.92. The Labute approximate surface area is 245 Å². The Balaban J connectivity index is 1.27. The van der Waals surface area contributed by atoms with Gasteiger partial charge in [0.05, 0.1) is 6.04 Å². The fourth-order valence-corrected chi connectivity index (χ4v) is 6.26. The van der Waals surface area contributed by atoms with Crippen molar-refractivity contribution in [3.05, 3.63) is 35.9 Å². The molecule has 5 N–H and O–H groups in total. The van der Waals surface area contributed by atoms with Crippen molar-refractivity contribution in [3.8, 4) is 0 Å². The van der Waals surface area contributed by atoms with E-state index in [1.54, 1.807) is 0 Å². The summed E-state index contributed by atoms with van der Waals surface area (Å²) in [7, 11) is 0. The van der Waals surface area contributed by atoms with Crippen molar-refractivity contribution in [1.82, 2.24) is 26.6 Å². The molecule has 1 aromatic rings. The first-order chi connectivity index (χ1) is 20.2. The Hall–Kier alpha value is -3.76. The van der Waals surface area contributed by atoms with Crippen LogP contribution in [0.15, 0.2) is 30.3 Å². The minimum Gasteiger partial charge on any atom is -0.356 e. The molecule has 0 radical (unpaired) electrons. The number of carbonyl (C=O) groups excluding carboxylic acids is 6. The molecule has 5 fully saturated rings. The topological polar surface area (TPSA) is 163 Å². The summed E-state index contributed by atoms with van der Waals surface area (Å²) in [6, 6.07) is 6.24. The number of benzene rings is 1. The highest BCUT2D eigenvalue weighted by atomic mass is 16.2. The molecule has 1 aromatic carbocycles. The van der Waals surface area contributed by atoms with Crippen molar-refractivity contribution < 1.29 is 28.8 Å². The van der Waals surface area contributed by atoms with Gasteiger partial charge in [0.1, 0.15) is 12.1 Å². The summed E-state index contributed by atoms with van der Waals surface area (Å²) in [6.07, 6.45) is 5.75. The zero-order valence-electron chi connectivity index (χ0n) is 24.1. The third-order valence-electron chi connectivity index (χ3n) is 9.09. The van der Waals surface area contributed by atoms with E-state index >= 15 is 0 Å². The molecular weight excluding hydrogens is 538 g/mol. The molecule has 0 spiro atoms. The van der Waals surface area contributed by atoms with E-state index in [1.165, 1.54) is 0 Å². The van der Waals surface area contributed by atoms with Crippen molar-refractivity contribution in [2.24, 2.45) is 17.3 Å². The Morgan fingerprint density at radius 2 is 1.57 bits per heavy atom. The number of amides is 5. The Morgan fingerprint density at radius 3 is 2.14 bits per heavy atom. The molecular formula is C31H41N5O6. The largest absolute Gasteiger partial charge is 0.356 e. The first-order valence-electron chi connectivity index (χ1n) is 15.3. The van der Waals surface area contributed by atoms with E-state index in [0.29, 0.717) is 25.3 Å². The minimum absolute atomic E-state index is 0.00293.